The summed E-state index contributed by atoms with van der Waals surface area (Å²) >= 11 is 0. The van der Waals surface area contributed by atoms with Crippen molar-refractivity contribution in [3.63, 3.8) is 0 Å². The number of nitrogens with zero attached hydrogens (tertiary/aromatic N) is 2. The molecule has 2 atom stereocenters. The van der Waals surface area contributed by atoms with Gasteiger partial charge in [-0.1, -0.05) is 57.2 Å². The number of fused-ring (bicyclic) bond motifs is 3. The molecule has 30 heavy (non-hydrogen) atoms. The Bertz CT molecular complexity index is 1070. The molecule has 0 aromatic heterocycles. The smallest absolute Gasteiger partial charge is 0.241 e. The Morgan fingerprint density at radius 3 is 2.47 bits per heavy atom. The number of benzene rings is 2. The molecule has 2 bridgehead atoms. The Morgan fingerprint density at radius 1 is 1.00 bits per heavy atom. The van der Waals surface area contributed by atoms with Gasteiger partial charge in [0.05, 0.1) is 5.69 Å². The van der Waals surface area contributed by atoms with E-state index in [2.05, 4.69) is 37.4 Å². The monoisotopic (exact) mass is 401 g/mol. The minimum atomic E-state index is -1.06. The lowest BCUT2D eigenvalue weighted by Gasteiger charge is -2.39. The van der Waals surface area contributed by atoms with Gasteiger partial charge in [-0.25, -0.2) is 0 Å². The van der Waals surface area contributed by atoms with E-state index in [1.165, 1.54) is 5.56 Å². The maximum atomic E-state index is 14.0. The van der Waals surface area contributed by atoms with Gasteiger partial charge in [0, 0.05) is 17.6 Å². The van der Waals surface area contributed by atoms with Gasteiger partial charge in [-0.3, -0.25) is 15.0 Å². The van der Waals surface area contributed by atoms with Gasteiger partial charge >= 0.3 is 0 Å². The van der Waals surface area contributed by atoms with E-state index in [1.54, 1.807) is 0 Å². The summed E-state index contributed by atoms with van der Waals surface area (Å²) in [4.78, 5) is 29.7. The summed E-state index contributed by atoms with van der Waals surface area (Å²) < 4.78 is 0. The summed E-state index contributed by atoms with van der Waals surface area (Å²) in [6.07, 6.45) is 2.19. The van der Waals surface area contributed by atoms with Crippen LogP contribution in [0.3, 0.4) is 0 Å². The number of Topliss-reactive ketones (excluding diaryl/α,β-unsaturated/α-hetero) is 1. The van der Waals surface area contributed by atoms with E-state index in [1.807, 2.05) is 53.4 Å². The summed E-state index contributed by atoms with van der Waals surface area (Å²) in [5.74, 6) is -0.171. The van der Waals surface area contributed by atoms with Gasteiger partial charge in [0.2, 0.25) is 5.91 Å². The van der Waals surface area contributed by atoms with Crippen molar-refractivity contribution in [2.75, 3.05) is 16.9 Å². The first-order valence-electron chi connectivity index (χ1n) is 10.7. The molecule has 3 aliphatic rings. The van der Waals surface area contributed by atoms with Crippen LogP contribution in [0.1, 0.15) is 39.2 Å². The van der Waals surface area contributed by atoms with Crippen LogP contribution >= 0.6 is 0 Å². The van der Waals surface area contributed by atoms with Crippen molar-refractivity contribution in [1.82, 2.24) is 0 Å². The van der Waals surface area contributed by atoms with E-state index >= 15 is 0 Å². The van der Waals surface area contributed by atoms with E-state index in [4.69, 9.17) is 0 Å². The predicted octanol–water partition coefficient (Wildman–Crippen LogP) is 4.44. The lowest BCUT2D eigenvalue weighted by Crippen LogP contribution is -2.52. The molecule has 2 fully saturated rings. The molecule has 2 aromatic rings. The van der Waals surface area contributed by atoms with E-state index in [0.29, 0.717) is 18.7 Å². The number of hydrogen-bond donors (Lipinski definition) is 1. The predicted molar refractivity (Wildman–Crippen MR) is 119 cm³/mol. The molecular weight excluding hydrogens is 374 g/mol. The lowest BCUT2D eigenvalue weighted by molar-refractivity contribution is -0.141. The van der Waals surface area contributed by atoms with Crippen molar-refractivity contribution in [2.45, 2.75) is 40.0 Å². The maximum Gasteiger partial charge on any atom is 0.241 e. The number of carbonyl (C=O) groups excluding carboxylic acids is 2. The average molecular weight is 402 g/mol. The molecule has 0 radical (unpaired) electrons. The van der Waals surface area contributed by atoms with Crippen LogP contribution in [0.4, 0.5) is 11.4 Å². The number of ketones is 1. The lowest BCUT2D eigenvalue weighted by atomic mass is 9.64. The highest BCUT2D eigenvalue weighted by atomic mass is 16.2. The minimum Gasteiger partial charge on any atom is -0.311 e. The molecule has 1 aliphatic heterocycles. The second-order valence-corrected chi connectivity index (χ2v) is 9.47. The van der Waals surface area contributed by atoms with Gasteiger partial charge in [-0.05, 0) is 48.4 Å². The van der Waals surface area contributed by atoms with Crippen LogP contribution in [0, 0.1) is 16.2 Å². The van der Waals surface area contributed by atoms with E-state index in [9.17, 15) is 9.59 Å². The summed E-state index contributed by atoms with van der Waals surface area (Å²) in [6.45, 7) is 6.87. The zero-order chi connectivity index (χ0) is 21.1. The van der Waals surface area contributed by atoms with Crippen LogP contribution in [0.2, 0.25) is 0 Å². The Morgan fingerprint density at radius 2 is 1.70 bits per heavy atom. The fraction of sp³-hybridized carbons (Fsp3) is 0.400. The Kier molecular flexibility index (Phi) is 3.98. The van der Waals surface area contributed by atoms with Crippen molar-refractivity contribution < 1.29 is 9.59 Å². The number of para-hydroxylation sites is 2. The van der Waals surface area contributed by atoms with E-state index < -0.39 is 16.2 Å². The second-order valence-electron chi connectivity index (χ2n) is 9.47. The van der Waals surface area contributed by atoms with E-state index in [0.717, 1.165) is 24.2 Å². The normalized spacial score (nSPS) is 30.0. The Hall–Kier alpha value is -2.95. The first-order chi connectivity index (χ1) is 14.3. The zero-order valence-corrected chi connectivity index (χ0v) is 17.7. The molecule has 2 saturated carbocycles. The van der Waals surface area contributed by atoms with Crippen molar-refractivity contribution in [3.8, 4) is 0 Å². The third kappa shape index (κ3) is 2.21. The summed E-state index contributed by atoms with van der Waals surface area (Å²) in [5, 5.41) is 4.57. The van der Waals surface area contributed by atoms with Gasteiger partial charge in [0.1, 0.15) is 11.1 Å². The first kappa shape index (κ1) is 19.0. The van der Waals surface area contributed by atoms with Crippen molar-refractivity contribution >= 4 is 28.8 Å². The number of amides is 1. The highest BCUT2D eigenvalue weighted by Gasteiger charge is 2.77. The number of rotatable bonds is 3. The largest absolute Gasteiger partial charge is 0.311 e. The van der Waals surface area contributed by atoms with Crippen molar-refractivity contribution in [3.05, 3.63) is 60.2 Å². The number of hydrazone groups is 1. The first-order valence-corrected chi connectivity index (χ1v) is 10.7. The molecule has 1 amide bonds. The minimum absolute atomic E-state index is 0.0592. The number of hydrogen-bond acceptors (Lipinski definition) is 4. The van der Waals surface area contributed by atoms with Crippen LogP contribution in [0.5, 0.6) is 0 Å². The highest BCUT2D eigenvalue weighted by molar-refractivity contribution is 6.51. The van der Waals surface area contributed by atoms with Gasteiger partial charge in [0.15, 0.2) is 5.78 Å². The molecule has 2 aliphatic carbocycles. The molecular formula is C25H27N3O2. The van der Waals surface area contributed by atoms with Crippen LogP contribution in [0.15, 0.2) is 59.7 Å². The standard InChI is InChI=1S/C25H27N3O2/c1-23(2)24(3)14-15-25(23,21(29)20(24)27-26-18-10-5-4-6-11-18)22(30)28-16-13-17-9-7-8-12-19(17)28/h4-12,26H,13-16H2,1-3H3. The summed E-state index contributed by atoms with van der Waals surface area (Å²) in [7, 11) is 0. The molecule has 2 unspecified atom stereocenters. The molecule has 0 spiro atoms. The Balaban J connectivity index is 1.55. The third-order valence-corrected chi connectivity index (χ3v) is 8.14. The number of nitrogens with one attached hydrogen (secondary N) is 1. The fourth-order valence-corrected chi connectivity index (χ4v) is 5.86. The topological polar surface area (TPSA) is 61.8 Å². The molecule has 1 heterocycles. The number of anilines is 2. The number of carbonyl (C=O) groups is 2. The molecule has 5 heteroatoms. The van der Waals surface area contributed by atoms with Crippen LogP contribution < -0.4 is 10.3 Å². The molecule has 1 N–H and O–H groups in total. The summed E-state index contributed by atoms with van der Waals surface area (Å²) in [6, 6.07) is 17.6. The maximum absolute atomic E-state index is 14.0. The van der Waals surface area contributed by atoms with Crippen molar-refractivity contribution in [2.24, 2.45) is 21.3 Å². The van der Waals surface area contributed by atoms with Gasteiger partial charge < -0.3 is 4.90 Å². The molecule has 154 valence electrons. The highest BCUT2D eigenvalue weighted by Crippen LogP contribution is 2.70. The van der Waals surface area contributed by atoms with Gasteiger partial charge in [-0.15, -0.1) is 0 Å². The van der Waals surface area contributed by atoms with Crippen LogP contribution in [0.25, 0.3) is 0 Å². The molecule has 0 saturated heterocycles. The van der Waals surface area contributed by atoms with Crippen LogP contribution in [-0.4, -0.2) is 23.9 Å². The van der Waals surface area contributed by atoms with Gasteiger partial charge in [0.25, 0.3) is 0 Å². The van der Waals surface area contributed by atoms with Crippen molar-refractivity contribution in [1.29, 1.82) is 0 Å². The fourth-order valence-electron chi connectivity index (χ4n) is 5.86. The quantitative estimate of drug-likeness (QED) is 0.611. The third-order valence-electron chi connectivity index (χ3n) is 8.14. The second kappa shape index (κ2) is 6.27. The average Bonchev–Trinajstić information content (AvgIpc) is 3.30. The van der Waals surface area contributed by atoms with E-state index in [-0.39, 0.29) is 11.7 Å². The molecule has 5 nitrogen and oxygen atoms in total. The summed E-state index contributed by atoms with van der Waals surface area (Å²) in [5.41, 5.74) is 4.49. The Labute approximate surface area is 177 Å². The molecule has 5 rings (SSSR count). The van der Waals surface area contributed by atoms with Gasteiger partial charge in [-0.2, -0.15) is 5.10 Å². The molecule has 2 aromatic carbocycles. The SMILES string of the molecule is CC12CCC(C(=O)N3CCc4ccccc43)(C(=O)C1=NNc1ccccc1)C2(C)C. The zero-order valence-electron chi connectivity index (χ0n) is 17.7. The van der Waals surface area contributed by atoms with Crippen LogP contribution in [-0.2, 0) is 16.0 Å².